The van der Waals surface area contributed by atoms with Crippen LogP contribution >= 0.6 is 11.8 Å². The molecule has 2 rings (SSSR count). The van der Waals surface area contributed by atoms with Crippen molar-refractivity contribution in [3.8, 4) is 0 Å². The lowest BCUT2D eigenvalue weighted by Gasteiger charge is -2.06. The van der Waals surface area contributed by atoms with Gasteiger partial charge in [-0.2, -0.15) is 0 Å². The fourth-order valence-electron chi connectivity index (χ4n) is 1.38. The highest BCUT2D eigenvalue weighted by atomic mass is 32.2. The highest BCUT2D eigenvalue weighted by Crippen LogP contribution is 2.31. The molecule has 0 radical (unpaired) electrons. The number of hydrogen-bond acceptors (Lipinski definition) is 4. The average Bonchev–Trinajstić information content (AvgIpc) is 2.37. The van der Waals surface area contributed by atoms with E-state index in [2.05, 4.69) is 5.32 Å². The van der Waals surface area contributed by atoms with Crippen molar-refractivity contribution in [3.63, 3.8) is 0 Å². The molecule has 4 nitrogen and oxygen atoms in total. The highest BCUT2D eigenvalue weighted by molar-refractivity contribution is 8.13. The van der Waals surface area contributed by atoms with Crippen LogP contribution in [0.15, 0.2) is 23.1 Å². The lowest BCUT2D eigenvalue weighted by atomic mass is 10.2. The Morgan fingerprint density at radius 3 is 3.00 bits per heavy atom. The number of primary amides is 1. The van der Waals surface area contributed by atoms with Crippen LogP contribution in [0.4, 0.5) is 5.69 Å². The van der Waals surface area contributed by atoms with Crippen LogP contribution in [0.1, 0.15) is 16.8 Å². The van der Waals surface area contributed by atoms with E-state index in [-0.39, 0.29) is 5.12 Å². The fourth-order valence-corrected chi connectivity index (χ4v) is 2.21. The zero-order chi connectivity index (χ0) is 10.8. The Kier molecular flexibility index (Phi) is 2.64. The van der Waals surface area contributed by atoms with Crippen LogP contribution in [0.2, 0.25) is 0 Å². The summed E-state index contributed by atoms with van der Waals surface area (Å²) in [5.41, 5.74) is 6.44. The predicted molar refractivity (Wildman–Crippen MR) is 58.9 cm³/mol. The van der Waals surface area contributed by atoms with E-state index in [4.69, 9.17) is 5.73 Å². The summed E-state index contributed by atoms with van der Waals surface area (Å²) in [5, 5.41) is 3.23. The van der Waals surface area contributed by atoms with Gasteiger partial charge in [0, 0.05) is 29.1 Å². The SMILES string of the molecule is NC(=O)c1ccc2c(c1)NCCC(=O)S2. The minimum absolute atomic E-state index is 0.132. The minimum Gasteiger partial charge on any atom is -0.384 e. The number of thioether (sulfide) groups is 1. The summed E-state index contributed by atoms with van der Waals surface area (Å²) in [6, 6.07) is 5.06. The third-order valence-corrected chi connectivity index (χ3v) is 3.14. The molecule has 78 valence electrons. The molecule has 0 spiro atoms. The van der Waals surface area contributed by atoms with E-state index in [9.17, 15) is 9.59 Å². The van der Waals surface area contributed by atoms with Crippen molar-refractivity contribution in [2.45, 2.75) is 11.3 Å². The zero-order valence-electron chi connectivity index (χ0n) is 7.95. The third-order valence-electron chi connectivity index (χ3n) is 2.13. The first kappa shape index (κ1) is 10.0. The monoisotopic (exact) mass is 222 g/mol. The van der Waals surface area contributed by atoms with Crippen molar-refractivity contribution in [1.82, 2.24) is 0 Å². The number of amides is 1. The normalized spacial score (nSPS) is 15.1. The van der Waals surface area contributed by atoms with E-state index in [1.807, 2.05) is 0 Å². The number of rotatable bonds is 1. The standard InChI is InChI=1S/C10H10N2O2S/c11-10(14)6-1-2-8-7(5-6)12-4-3-9(13)15-8/h1-2,5,12H,3-4H2,(H2,11,14). The van der Waals surface area contributed by atoms with Gasteiger partial charge in [0.2, 0.25) is 5.91 Å². The Morgan fingerprint density at radius 1 is 1.47 bits per heavy atom. The Labute approximate surface area is 91.2 Å². The van der Waals surface area contributed by atoms with Gasteiger partial charge in [0.05, 0.1) is 0 Å². The second kappa shape index (κ2) is 3.94. The number of nitrogens with one attached hydrogen (secondary N) is 1. The molecular formula is C10H10N2O2S. The molecule has 0 aliphatic carbocycles. The van der Waals surface area contributed by atoms with Crippen molar-refractivity contribution in [3.05, 3.63) is 23.8 Å². The van der Waals surface area contributed by atoms with Gasteiger partial charge >= 0.3 is 0 Å². The van der Waals surface area contributed by atoms with Crippen molar-refractivity contribution in [1.29, 1.82) is 0 Å². The van der Waals surface area contributed by atoms with Gasteiger partial charge in [0.25, 0.3) is 0 Å². The summed E-state index contributed by atoms with van der Waals surface area (Å²) in [6.07, 6.45) is 0.491. The van der Waals surface area contributed by atoms with Crippen molar-refractivity contribution < 1.29 is 9.59 Å². The highest BCUT2D eigenvalue weighted by Gasteiger charge is 2.15. The van der Waals surface area contributed by atoms with E-state index >= 15 is 0 Å². The van der Waals surface area contributed by atoms with Crippen LogP contribution in [0.3, 0.4) is 0 Å². The fraction of sp³-hybridized carbons (Fsp3) is 0.200. The van der Waals surface area contributed by atoms with E-state index in [0.29, 0.717) is 18.5 Å². The smallest absolute Gasteiger partial charge is 0.248 e. The second-order valence-corrected chi connectivity index (χ2v) is 4.33. The van der Waals surface area contributed by atoms with Crippen molar-refractivity contribution in [2.75, 3.05) is 11.9 Å². The molecule has 3 N–H and O–H groups in total. The molecule has 0 fully saturated rings. The maximum Gasteiger partial charge on any atom is 0.248 e. The van der Waals surface area contributed by atoms with E-state index < -0.39 is 5.91 Å². The Hall–Kier alpha value is -1.49. The molecule has 0 unspecified atom stereocenters. The van der Waals surface area contributed by atoms with Crippen LogP contribution in [-0.2, 0) is 4.79 Å². The van der Waals surface area contributed by atoms with Gasteiger partial charge < -0.3 is 11.1 Å². The molecule has 1 aromatic rings. The van der Waals surface area contributed by atoms with Gasteiger partial charge in [-0.05, 0) is 30.0 Å². The topological polar surface area (TPSA) is 72.2 Å². The largest absolute Gasteiger partial charge is 0.384 e. The van der Waals surface area contributed by atoms with Crippen molar-refractivity contribution in [2.24, 2.45) is 5.73 Å². The van der Waals surface area contributed by atoms with Crippen LogP contribution in [-0.4, -0.2) is 17.6 Å². The molecule has 0 atom stereocenters. The van der Waals surface area contributed by atoms with Gasteiger partial charge in [-0.25, -0.2) is 0 Å². The lowest BCUT2D eigenvalue weighted by Crippen LogP contribution is -2.11. The molecule has 0 saturated carbocycles. The van der Waals surface area contributed by atoms with Gasteiger partial charge in [0.15, 0.2) is 5.12 Å². The molecule has 0 saturated heterocycles. The summed E-state index contributed by atoms with van der Waals surface area (Å²) in [4.78, 5) is 23.1. The Balaban J connectivity index is 2.40. The van der Waals surface area contributed by atoms with Gasteiger partial charge in [-0.1, -0.05) is 0 Å². The molecule has 1 heterocycles. The zero-order valence-corrected chi connectivity index (χ0v) is 8.76. The van der Waals surface area contributed by atoms with Gasteiger partial charge in [0.1, 0.15) is 0 Å². The first-order valence-electron chi connectivity index (χ1n) is 4.55. The predicted octanol–water partition coefficient (Wildman–Crippen LogP) is 1.22. The van der Waals surface area contributed by atoms with E-state index in [1.165, 1.54) is 11.8 Å². The first-order valence-corrected chi connectivity index (χ1v) is 5.37. The molecule has 1 aliphatic heterocycles. The van der Waals surface area contributed by atoms with E-state index in [1.54, 1.807) is 18.2 Å². The molecule has 5 heteroatoms. The molecule has 1 aliphatic rings. The Morgan fingerprint density at radius 2 is 2.27 bits per heavy atom. The summed E-state index contributed by atoms with van der Waals surface area (Å²) in [5.74, 6) is -0.458. The van der Waals surface area contributed by atoms with Crippen molar-refractivity contribution >= 4 is 28.5 Å². The number of anilines is 1. The molecule has 0 bridgehead atoms. The van der Waals surface area contributed by atoms with Crippen LogP contribution in [0.25, 0.3) is 0 Å². The molecular weight excluding hydrogens is 212 g/mol. The number of carbonyl (C=O) groups excluding carboxylic acids is 2. The number of carbonyl (C=O) groups is 2. The number of hydrogen-bond donors (Lipinski definition) is 2. The quantitative estimate of drug-likeness (QED) is 0.749. The number of benzene rings is 1. The third kappa shape index (κ3) is 2.12. The summed E-state index contributed by atoms with van der Waals surface area (Å²) in [7, 11) is 0. The van der Waals surface area contributed by atoms with Crippen LogP contribution < -0.4 is 11.1 Å². The molecule has 1 aromatic carbocycles. The maximum absolute atomic E-state index is 11.3. The Bertz CT molecular complexity index is 431. The van der Waals surface area contributed by atoms with Gasteiger partial charge in [-0.15, -0.1) is 0 Å². The summed E-state index contributed by atoms with van der Waals surface area (Å²) >= 11 is 1.20. The molecule has 15 heavy (non-hydrogen) atoms. The summed E-state index contributed by atoms with van der Waals surface area (Å²) < 4.78 is 0. The minimum atomic E-state index is -0.458. The molecule has 0 aromatic heterocycles. The van der Waals surface area contributed by atoms with Crippen LogP contribution in [0.5, 0.6) is 0 Å². The van der Waals surface area contributed by atoms with Gasteiger partial charge in [-0.3, -0.25) is 9.59 Å². The van der Waals surface area contributed by atoms with E-state index in [0.717, 1.165) is 10.6 Å². The lowest BCUT2D eigenvalue weighted by molar-refractivity contribution is -0.110. The average molecular weight is 222 g/mol. The second-order valence-electron chi connectivity index (χ2n) is 3.23. The van der Waals surface area contributed by atoms with Crippen LogP contribution in [0, 0.1) is 0 Å². The maximum atomic E-state index is 11.3. The summed E-state index contributed by atoms with van der Waals surface area (Å²) in [6.45, 7) is 0.598. The molecule has 1 amide bonds. The number of fused-ring (bicyclic) bond motifs is 1. The number of nitrogens with two attached hydrogens (primary N) is 1. The first-order chi connectivity index (χ1) is 7.16.